The van der Waals surface area contributed by atoms with Crippen molar-refractivity contribution in [3.63, 3.8) is 0 Å². The summed E-state index contributed by atoms with van der Waals surface area (Å²) >= 11 is 0. The predicted molar refractivity (Wildman–Crippen MR) is 36.5 cm³/mol. The first-order valence-corrected chi connectivity index (χ1v) is 3.25. The van der Waals surface area contributed by atoms with Gasteiger partial charge in [0, 0.05) is 13.0 Å². The van der Waals surface area contributed by atoms with E-state index in [1.807, 2.05) is 0 Å². The number of carbonyl (C=O) groups is 2. The molecular weight excluding hydrogens is 168 g/mol. The summed E-state index contributed by atoms with van der Waals surface area (Å²) in [6, 6.07) is 0. The fourth-order valence-corrected chi connectivity index (χ4v) is 0.640. The number of rotatable bonds is 5. The summed E-state index contributed by atoms with van der Waals surface area (Å²) in [6.07, 6.45) is -0.580. The van der Waals surface area contributed by atoms with Crippen LogP contribution in [0.3, 0.4) is 0 Å². The van der Waals surface area contributed by atoms with Gasteiger partial charge < -0.3 is 20.4 Å². The zero-order chi connectivity index (χ0) is 9.78. The van der Waals surface area contributed by atoms with E-state index in [-0.39, 0.29) is 13.0 Å². The van der Waals surface area contributed by atoms with Gasteiger partial charge in [-0.2, -0.15) is 0 Å². The van der Waals surface area contributed by atoms with Gasteiger partial charge in [-0.05, 0) is 6.42 Å². The zero-order valence-corrected chi connectivity index (χ0v) is 6.23. The highest BCUT2D eigenvalue weighted by Crippen LogP contribution is 2.13. The number of aliphatic carboxylic acids is 2. The van der Waals surface area contributed by atoms with E-state index in [4.69, 9.17) is 20.4 Å². The van der Waals surface area contributed by atoms with Gasteiger partial charge in [-0.25, -0.2) is 9.59 Å². The Kier molecular flexibility index (Phi) is 3.65. The van der Waals surface area contributed by atoms with Crippen LogP contribution in [0, 0.1) is 0 Å². The Balaban J connectivity index is 4.40. The van der Waals surface area contributed by atoms with Crippen molar-refractivity contribution >= 4 is 11.9 Å². The first kappa shape index (κ1) is 10.9. The summed E-state index contributed by atoms with van der Waals surface area (Å²) < 4.78 is 0. The van der Waals surface area contributed by atoms with E-state index < -0.39 is 24.0 Å². The molecule has 0 heterocycles. The molecule has 0 radical (unpaired) electrons. The van der Waals surface area contributed by atoms with Crippen molar-refractivity contribution < 1.29 is 30.0 Å². The van der Waals surface area contributed by atoms with E-state index in [0.29, 0.717) is 0 Å². The van der Waals surface area contributed by atoms with Crippen LogP contribution in [0.15, 0.2) is 0 Å². The molecule has 0 saturated carbocycles. The third-order valence-corrected chi connectivity index (χ3v) is 1.40. The molecule has 6 heteroatoms. The van der Waals surface area contributed by atoms with Gasteiger partial charge in [-0.3, -0.25) is 0 Å². The zero-order valence-electron chi connectivity index (χ0n) is 6.23. The van der Waals surface area contributed by atoms with Crippen molar-refractivity contribution in [3.8, 4) is 0 Å². The molecule has 0 amide bonds. The minimum atomic E-state index is -2.78. The Hall–Kier alpha value is -1.14. The third-order valence-electron chi connectivity index (χ3n) is 1.40. The first-order valence-electron chi connectivity index (χ1n) is 3.25. The van der Waals surface area contributed by atoms with Crippen LogP contribution >= 0.6 is 0 Å². The lowest BCUT2D eigenvalue weighted by atomic mass is 9.98. The van der Waals surface area contributed by atoms with Crippen LogP contribution in [-0.2, 0) is 9.59 Å². The second-order valence-electron chi connectivity index (χ2n) is 2.30. The summed E-state index contributed by atoms with van der Waals surface area (Å²) in [6.45, 7) is -0.358. The van der Waals surface area contributed by atoms with Crippen molar-refractivity contribution in [2.24, 2.45) is 0 Å². The number of aliphatic hydroxyl groups excluding tert-OH is 1. The van der Waals surface area contributed by atoms with Gasteiger partial charge in [0.05, 0.1) is 0 Å². The lowest BCUT2D eigenvalue weighted by Gasteiger charge is -2.16. The molecule has 0 aromatic heterocycles. The Morgan fingerprint density at radius 1 is 1.17 bits per heavy atom. The summed E-state index contributed by atoms with van der Waals surface area (Å²) in [5.74, 6) is -3.63. The molecule has 0 aliphatic carbocycles. The standard InChI is InChI=1S/C6H10O6/c7-3-1-2-6(12,4(8)9)5(10)11/h7,12H,1-3H2,(H,8,9)(H,10,11). The number of hydrogen-bond donors (Lipinski definition) is 4. The smallest absolute Gasteiger partial charge is 0.347 e. The highest BCUT2D eigenvalue weighted by molar-refractivity contribution is 6.01. The van der Waals surface area contributed by atoms with Crippen LogP contribution in [-0.4, -0.2) is 44.6 Å². The van der Waals surface area contributed by atoms with Crippen LogP contribution in [0.4, 0.5) is 0 Å². The highest BCUT2D eigenvalue weighted by Gasteiger charge is 2.43. The normalized spacial score (nSPS) is 11.2. The largest absolute Gasteiger partial charge is 0.479 e. The van der Waals surface area contributed by atoms with Crippen LogP contribution in [0.5, 0.6) is 0 Å². The molecule has 0 saturated heterocycles. The molecule has 0 atom stereocenters. The average molecular weight is 178 g/mol. The van der Waals surface area contributed by atoms with Gasteiger partial charge in [0.15, 0.2) is 0 Å². The maximum absolute atomic E-state index is 10.3. The van der Waals surface area contributed by atoms with Crippen molar-refractivity contribution in [1.29, 1.82) is 0 Å². The van der Waals surface area contributed by atoms with Gasteiger partial charge in [-0.1, -0.05) is 0 Å². The maximum Gasteiger partial charge on any atom is 0.347 e. The van der Waals surface area contributed by atoms with Gasteiger partial charge in [-0.15, -0.1) is 0 Å². The molecule has 0 unspecified atom stereocenters. The molecular formula is C6H10O6. The van der Waals surface area contributed by atoms with E-state index in [0.717, 1.165) is 0 Å². The summed E-state index contributed by atoms with van der Waals surface area (Å²) in [5, 5.41) is 33.9. The molecule has 0 aromatic carbocycles. The Morgan fingerprint density at radius 3 is 1.83 bits per heavy atom. The van der Waals surface area contributed by atoms with E-state index in [2.05, 4.69) is 0 Å². The van der Waals surface area contributed by atoms with Gasteiger partial charge in [0.1, 0.15) is 0 Å². The van der Waals surface area contributed by atoms with Crippen LogP contribution < -0.4 is 0 Å². The second-order valence-corrected chi connectivity index (χ2v) is 2.30. The molecule has 0 rings (SSSR count). The minimum Gasteiger partial charge on any atom is -0.479 e. The van der Waals surface area contributed by atoms with E-state index in [9.17, 15) is 9.59 Å². The Labute approximate surface area is 68.1 Å². The molecule has 0 spiro atoms. The highest BCUT2D eigenvalue weighted by atomic mass is 16.4. The molecule has 0 aliphatic heterocycles. The SMILES string of the molecule is O=C(O)C(O)(CCCO)C(=O)O. The first-order chi connectivity index (χ1) is 5.45. The summed E-state index contributed by atoms with van der Waals surface area (Å²) in [4.78, 5) is 20.5. The summed E-state index contributed by atoms with van der Waals surface area (Å²) in [7, 11) is 0. The summed E-state index contributed by atoms with van der Waals surface area (Å²) in [5.41, 5.74) is -2.78. The van der Waals surface area contributed by atoms with Gasteiger partial charge in [0.2, 0.25) is 0 Å². The fraction of sp³-hybridized carbons (Fsp3) is 0.667. The third kappa shape index (κ3) is 2.18. The lowest BCUT2D eigenvalue weighted by Crippen LogP contribution is -2.46. The van der Waals surface area contributed by atoms with Crippen molar-refractivity contribution in [2.75, 3.05) is 6.61 Å². The van der Waals surface area contributed by atoms with Crippen molar-refractivity contribution in [3.05, 3.63) is 0 Å². The molecule has 0 bridgehead atoms. The molecule has 0 aliphatic rings. The monoisotopic (exact) mass is 178 g/mol. The van der Waals surface area contributed by atoms with E-state index in [1.165, 1.54) is 0 Å². The van der Waals surface area contributed by atoms with Crippen molar-refractivity contribution in [2.45, 2.75) is 18.4 Å². The second kappa shape index (κ2) is 4.03. The van der Waals surface area contributed by atoms with E-state index >= 15 is 0 Å². The quantitative estimate of drug-likeness (QED) is 0.387. The van der Waals surface area contributed by atoms with Gasteiger partial charge >= 0.3 is 11.9 Å². The van der Waals surface area contributed by atoms with Crippen molar-refractivity contribution in [1.82, 2.24) is 0 Å². The minimum absolute atomic E-state index is 0.0743. The molecule has 0 aromatic rings. The van der Waals surface area contributed by atoms with Crippen LogP contribution in [0.2, 0.25) is 0 Å². The average Bonchev–Trinajstić information content (AvgIpc) is 1.99. The van der Waals surface area contributed by atoms with E-state index in [1.54, 1.807) is 0 Å². The maximum atomic E-state index is 10.3. The fourth-order valence-electron chi connectivity index (χ4n) is 0.640. The Morgan fingerprint density at radius 2 is 1.58 bits per heavy atom. The lowest BCUT2D eigenvalue weighted by molar-refractivity contribution is -0.176. The number of carboxylic acids is 2. The number of hydrogen-bond acceptors (Lipinski definition) is 4. The van der Waals surface area contributed by atoms with Crippen LogP contribution in [0.1, 0.15) is 12.8 Å². The molecule has 4 N–H and O–H groups in total. The number of carboxylic acid groups (broad SMARTS) is 2. The molecule has 70 valence electrons. The van der Waals surface area contributed by atoms with Gasteiger partial charge in [0.25, 0.3) is 5.60 Å². The van der Waals surface area contributed by atoms with Crippen LogP contribution in [0.25, 0.3) is 0 Å². The topological polar surface area (TPSA) is 115 Å². The molecule has 6 nitrogen and oxygen atoms in total. The predicted octanol–water partition coefficient (Wildman–Crippen LogP) is -1.34. The molecule has 0 fully saturated rings. The molecule has 12 heavy (non-hydrogen) atoms. The number of aliphatic hydroxyl groups is 2. The Bertz CT molecular complexity index is 172.